The molecule has 100 valence electrons. The van der Waals surface area contributed by atoms with Crippen LogP contribution in [0, 0.1) is 5.82 Å². The Morgan fingerprint density at radius 2 is 2.10 bits per heavy atom. The number of hydrogen-bond donors (Lipinski definition) is 1. The molecule has 0 unspecified atom stereocenters. The molecule has 2 aromatic heterocycles. The Morgan fingerprint density at radius 1 is 1.30 bits per heavy atom. The second-order valence-corrected chi connectivity index (χ2v) is 5.56. The highest BCUT2D eigenvalue weighted by Gasteiger charge is 2.18. The van der Waals surface area contributed by atoms with E-state index in [2.05, 4.69) is 25.9 Å². The van der Waals surface area contributed by atoms with Crippen LogP contribution in [0.15, 0.2) is 41.1 Å². The number of rotatable bonds is 2. The van der Waals surface area contributed by atoms with E-state index in [0.717, 1.165) is 4.47 Å². The fourth-order valence-electron chi connectivity index (χ4n) is 1.98. The summed E-state index contributed by atoms with van der Waals surface area (Å²) in [4.78, 5) is 19.5. The highest BCUT2D eigenvalue weighted by Crippen LogP contribution is 2.25. The van der Waals surface area contributed by atoms with E-state index < -0.39 is 11.6 Å². The lowest BCUT2D eigenvalue weighted by Gasteiger charge is -2.02. The predicted molar refractivity (Wildman–Crippen MR) is 78.6 cm³/mol. The first-order chi connectivity index (χ1) is 9.56. The van der Waals surface area contributed by atoms with Gasteiger partial charge in [-0.1, -0.05) is 11.6 Å². The summed E-state index contributed by atoms with van der Waals surface area (Å²) in [6, 6.07) is 5.66. The number of benzene rings is 1. The van der Waals surface area contributed by atoms with Crippen molar-refractivity contribution in [3.63, 3.8) is 0 Å². The van der Waals surface area contributed by atoms with E-state index in [9.17, 15) is 9.18 Å². The first kappa shape index (κ1) is 13.3. The zero-order chi connectivity index (χ0) is 14.3. The lowest BCUT2D eigenvalue weighted by molar-refractivity contribution is 0.103. The molecule has 20 heavy (non-hydrogen) atoms. The number of halogens is 3. The molecule has 0 saturated heterocycles. The van der Waals surface area contributed by atoms with Gasteiger partial charge in [-0.3, -0.25) is 4.79 Å². The summed E-state index contributed by atoms with van der Waals surface area (Å²) in [6.07, 6.45) is 3.14. The van der Waals surface area contributed by atoms with Crippen molar-refractivity contribution in [3.8, 4) is 0 Å². The van der Waals surface area contributed by atoms with Gasteiger partial charge in [0, 0.05) is 32.8 Å². The molecule has 0 spiro atoms. The standard InChI is InChI=1S/C14H7BrClFN2O/c15-7-3-9-11(6-19-14(9)18-5-7)13(20)10-4-8(16)1-2-12(10)17/h1-6H,(H,18,19). The Kier molecular flexibility index (Phi) is 3.31. The summed E-state index contributed by atoms with van der Waals surface area (Å²) in [6.45, 7) is 0. The van der Waals surface area contributed by atoms with Crippen LogP contribution in [0.5, 0.6) is 0 Å². The largest absolute Gasteiger partial charge is 0.345 e. The zero-order valence-electron chi connectivity index (χ0n) is 9.95. The molecule has 0 fully saturated rings. The van der Waals surface area contributed by atoms with Crippen molar-refractivity contribution in [1.29, 1.82) is 0 Å². The molecule has 2 heterocycles. The number of nitrogens with zero attached hydrogens (tertiary/aromatic N) is 1. The summed E-state index contributed by atoms with van der Waals surface area (Å²) >= 11 is 9.12. The topological polar surface area (TPSA) is 45.8 Å². The first-order valence-electron chi connectivity index (χ1n) is 5.68. The van der Waals surface area contributed by atoms with Crippen LogP contribution in [0.3, 0.4) is 0 Å². The summed E-state index contributed by atoms with van der Waals surface area (Å²) in [5.41, 5.74) is 0.868. The van der Waals surface area contributed by atoms with E-state index in [-0.39, 0.29) is 5.56 Å². The molecule has 0 bridgehead atoms. The van der Waals surface area contributed by atoms with Gasteiger partial charge in [0.15, 0.2) is 5.78 Å². The molecule has 0 aliphatic rings. The molecule has 0 aliphatic heterocycles. The Hall–Kier alpha value is -1.72. The minimum atomic E-state index is -0.600. The number of fused-ring (bicyclic) bond motifs is 1. The van der Waals surface area contributed by atoms with E-state index in [0.29, 0.717) is 21.6 Å². The van der Waals surface area contributed by atoms with E-state index >= 15 is 0 Å². The van der Waals surface area contributed by atoms with E-state index in [4.69, 9.17) is 11.6 Å². The number of H-pyrrole nitrogens is 1. The van der Waals surface area contributed by atoms with Gasteiger partial charge >= 0.3 is 0 Å². The van der Waals surface area contributed by atoms with Gasteiger partial charge in [-0.15, -0.1) is 0 Å². The minimum Gasteiger partial charge on any atom is -0.345 e. The number of hydrogen-bond acceptors (Lipinski definition) is 2. The number of ketones is 1. The van der Waals surface area contributed by atoms with Gasteiger partial charge in [-0.05, 0) is 40.2 Å². The molecule has 1 N–H and O–H groups in total. The van der Waals surface area contributed by atoms with E-state index in [1.165, 1.54) is 24.4 Å². The van der Waals surface area contributed by atoms with Crippen LogP contribution in [-0.4, -0.2) is 15.8 Å². The zero-order valence-corrected chi connectivity index (χ0v) is 12.3. The summed E-state index contributed by atoms with van der Waals surface area (Å²) in [5, 5.41) is 0.942. The monoisotopic (exact) mass is 352 g/mol. The number of nitrogens with one attached hydrogen (secondary N) is 1. The van der Waals surface area contributed by atoms with Crippen molar-refractivity contribution in [3.05, 3.63) is 63.1 Å². The van der Waals surface area contributed by atoms with Crippen LogP contribution in [-0.2, 0) is 0 Å². The van der Waals surface area contributed by atoms with Gasteiger partial charge in [0.1, 0.15) is 11.5 Å². The third-order valence-corrected chi connectivity index (χ3v) is 3.58. The molecule has 1 aromatic carbocycles. The maximum Gasteiger partial charge on any atom is 0.198 e. The van der Waals surface area contributed by atoms with Crippen LogP contribution >= 0.6 is 27.5 Å². The Balaban J connectivity index is 2.17. The quantitative estimate of drug-likeness (QED) is 0.696. The maximum atomic E-state index is 13.8. The van der Waals surface area contributed by atoms with Crippen LogP contribution in [0.1, 0.15) is 15.9 Å². The number of aromatic nitrogens is 2. The van der Waals surface area contributed by atoms with Crippen LogP contribution in [0.2, 0.25) is 5.02 Å². The maximum absolute atomic E-state index is 13.8. The summed E-state index contributed by atoms with van der Waals surface area (Å²) in [5.74, 6) is -1.03. The average Bonchev–Trinajstić information content (AvgIpc) is 2.83. The average molecular weight is 354 g/mol. The SMILES string of the molecule is O=C(c1cc(Cl)ccc1F)c1c[nH]c2ncc(Br)cc12. The molecule has 3 aromatic rings. The smallest absolute Gasteiger partial charge is 0.198 e. The van der Waals surface area contributed by atoms with Gasteiger partial charge in [-0.25, -0.2) is 9.37 Å². The van der Waals surface area contributed by atoms with Crippen LogP contribution in [0.25, 0.3) is 11.0 Å². The fraction of sp³-hybridized carbons (Fsp3) is 0. The summed E-state index contributed by atoms with van der Waals surface area (Å²) < 4.78 is 14.5. The highest BCUT2D eigenvalue weighted by atomic mass is 79.9. The van der Waals surface area contributed by atoms with Crippen LogP contribution in [0.4, 0.5) is 4.39 Å². The van der Waals surface area contributed by atoms with Crippen molar-refractivity contribution >= 4 is 44.3 Å². The lowest BCUT2D eigenvalue weighted by Crippen LogP contribution is -2.03. The molecule has 6 heteroatoms. The molecule has 0 atom stereocenters. The van der Waals surface area contributed by atoms with Crippen molar-refractivity contribution in [2.24, 2.45) is 0 Å². The minimum absolute atomic E-state index is 0.0571. The van der Waals surface area contributed by atoms with Gasteiger partial charge < -0.3 is 4.98 Å². The predicted octanol–water partition coefficient (Wildman–Crippen LogP) is 4.35. The Bertz CT molecular complexity index is 831. The molecule has 3 rings (SSSR count). The van der Waals surface area contributed by atoms with Crippen molar-refractivity contribution < 1.29 is 9.18 Å². The second-order valence-electron chi connectivity index (χ2n) is 4.21. The molecule has 0 saturated carbocycles. The lowest BCUT2D eigenvalue weighted by atomic mass is 10.0. The van der Waals surface area contributed by atoms with Gasteiger partial charge in [-0.2, -0.15) is 0 Å². The van der Waals surface area contributed by atoms with Gasteiger partial charge in [0.25, 0.3) is 0 Å². The number of carbonyl (C=O) groups is 1. The molecular weight excluding hydrogens is 347 g/mol. The fourth-order valence-corrected chi connectivity index (χ4v) is 2.49. The number of aromatic amines is 1. The normalized spacial score (nSPS) is 10.9. The first-order valence-corrected chi connectivity index (χ1v) is 6.86. The third-order valence-electron chi connectivity index (χ3n) is 2.92. The number of carbonyl (C=O) groups excluding carboxylic acids is 1. The van der Waals surface area contributed by atoms with E-state index in [1.807, 2.05) is 0 Å². The van der Waals surface area contributed by atoms with Crippen molar-refractivity contribution in [2.45, 2.75) is 0 Å². The molecular formula is C14H7BrClFN2O. The molecule has 0 radical (unpaired) electrons. The van der Waals surface area contributed by atoms with Crippen LogP contribution < -0.4 is 0 Å². The Morgan fingerprint density at radius 3 is 2.90 bits per heavy atom. The van der Waals surface area contributed by atoms with E-state index in [1.54, 1.807) is 12.3 Å². The van der Waals surface area contributed by atoms with Crippen molar-refractivity contribution in [2.75, 3.05) is 0 Å². The molecule has 3 nitrogen and oxygen atoms in total. The highest BCUT2D eigenvalue weighted by molar-refractivity contribution is 9.10. The van der Waals surface area contributed by atoms with Crippen molar-refractivity contribution in [1.82, 2.24) is 9.97 Å². The van der Waals surface area contributed by atoms with Gasteiger partial charge in [0.05, 0.1) is 5.56 Å². The Labute approximate surface area is 126 Å². The molecule has 0 amide bonds. The summed E-state index contributed by atoms with van der Waals surface area (Å²) in [7, 11) is 0. The third kappa shape index (κ3) is 2.23. The second kappa shape index (κ2) is 5.00. The van der Waals surface area contributed by atoms with Gasteiger partial charge in [0.2, 0.25) is 0 Å². The molecule has 0 aliphatic carbocycles. The number of pyridine rings is 1.